The molecule has 1 aromatic carbocycles. The van der Waals surface area contributed by atoms with Crippen molar-refractivity contribution >= 4 is 17.5 Å². The zero-order valence-corrected chi connectivity index (χ0v) is 17.8. The van der Waals surface area contributed by atoms with Gasteiger partial charge < -0.3 is 15.1 Å². The number of likely N-dealkylation sites (tertiary alicyclic amines) is 1. The Morgan fingerprint density at radius 1 is 1.29 bits per heavy atom. The van der Waals surface area contributed by atoms with Crippen LogP contribution in [0.5, 0.6) is 0 Å². The highest BCUT2D eigenvalue weighted by atomic mass is 19.4. The summed E-state index contributed by atoms with van der Waals surface area (Å²) in [5.41, 5.74) is -1.10. The molecule has 0 radical (unpaired) electrons. The molecule has 6 nitrogen and oxygen atoms in total. The molecule has 0 aliphatic carbocycles. The smallest absolute Gasteiger partial charge is 0.371 e. The van der Waals surface area contributed by atoms with Crippen molar-refractivity contribution in [1.82, 2.24) is 10.2 Å². The normalized spacial score (nSPS) is 20.6. The summed E-state index contributed by atoms with van der Waals surface area (Å²) in [5.74, 6) is -0.206. The minimum absolute atomic E-state index is 0.0303. The molecule has 2 amide bonds. The summed E-state index contributed by atoms with van der Waals surface area (Å²) in [6, 6.07) is 4.90. The molecule has 2 aliphatic heterocycles. The molecule has 1 N–H and O–H groups in total. The van der Waals surface area contributed by atoms with Crippen LogP contribution in [0.2, 0.25) is 0 Å². The summed E-state index contributed by atoms with van der Waals surface area (Å²) in [6.45, 7) is 3.47. The Hall–Kier alpha value is -2.76. The van der Waals surface area contributed by atoms with Crippen molar-refractivity contribution in [2.24, 2.45) is 5.41 Å². The van der Waals surface area contributed by atoms with Crippen molar-refractivity contribution in [2.75, 3.05) is 31.6 Å². The van der Waals surface area contributed by atoms with Gasteiger partial charge in [0.15, 0.2) is 0 Å². The molecule has 9 heteroatoms. The first-order valence-electron chi connectivity index (χ1n) is 10.5. The van der Waals surface area contributed by atoms with Crippen molar-refractivity contribution in [3.63, 3.8) is 0 Å². The number of hydrogen-bond acceptors (Lipinski definition) is 4. The second-order valence-corrected chi connectivity index (χ2v) is 8.43. The molecule has 0 saturated carbocycles. The summed E-state index contributed by atoms with van der Waals surface area (Å²) in [6.07, 6.45) is -1.57. The first kappa shape index (κ1) is 22.9. The summed E-state index contributed by atoms with van der Waals surface area (Å²) >= 11 is 0. The maximum Gasteiger partial charge on any atom is 0.417 e. The molecule has 0 aromatic heterocycles. The minimum atomic E-state index is -4.59. The molecule has 1 unspecified atom stereocenters. The van der Waals surface area contributed by atoms with Crippen LogP contribution in [0.25, 0.3) is 0 Å². The lowest BCUT2D eigenvalue weighted by molar-refractivity contribution is -0.138. The number of carbonyl (C=O) groups excluding carboxylic acids is 2. The van der Waals surface area contributed by atoms with Crippen molar-refractivity contribution in [3.8, 4) is 6.07 Å². The molecule has 0 bridgehead atoms. The predicted molar refractivity (Wildman–Crippen MR) is 109 cm³/mol. The summed E-state index contributed by atoms with van der Waals surface area (Å²) in [7, 11) is 1.56. The third-order valence-corrected chi connectivity index (χ3v) is 6.46. The van der Waals surface area contributed by atoms with Crippen molar-refractivity contribution < 1.29 is 22.8 Å². The number of nitrogens with zero attached hydrogens (tertiary/aromatic N) is 3. The van der Waals surface area contributed by atoms with Gasteiger partial charge in [0.05, 0.1) is 17.2 Å². The highest BCUT2D eigenvalue weighted by molar-refractivity contribution is 5.88. The van der Waals surface area contributed by atoms with Gasteiger partial charge in [-0.05, 0) is 49.3 Å². The molecule has 2 aliphatic rings. The molecular weight excluding hydrogens is 409 g/mol. The summed E-state index contributed by atoms with van der Waals surface area (Å²) in [5, 5.41) is 11.6. The largest absolute Gasteiger partial charge is 0.417 e. The van der Waals surface area contributed by atoms with Crippen LogP contribution >= 0.6 is 0 Å². The standard InChI is InChI=1S/C22H27F3N4O2/c1-3-4-19(30)29-14-21(12-18(29)20(31)27-2)7-9-28(10-8-21)16-6-5-15(13-26)17(11-16)22(23,24)25/h5-6,11,18H,3-4,7-10,12,14H2,1-2H3,(H,27,31). The number of halogens is 3. The average molecular weight is 436 g/mol. The molecule has 1 atom stereocenters. The van der Waals surface area contributed by atoms with Gasteiger partial charge >= 0.3 is 6.18 Å². The van der Waals surface area contributed by atoms with Gasteiger partial charge in [0.1, 0.15) is 6.04 Å². The molecule has 2 heterocycles. The van der Waals surface area contributed by atoms with E-state index in [1.54, 1.807) is 24.1 Å². The molecule has 2 fully saturated rings. The van der Waals surface area contributed by atoms with Gasteiger partial charge in [-0.1, -0.05) is 6.92 Å². The van der Waals surface area contributed by atoms with Crippen LogP contribution in [0.3, 0.4) is 0 Å². The van der Waals surface area contributed by atoms with Gasteiger partial charge in [0, 0.05) is 38.8 Å². The zero-order valence-electron chi connectivity index (χ0n) is 17.8. The van der Waals surface area contributed by atoms with E-state index < -0.39 is 17.8 Å². The number of alkyl halides is 3. The van der Waals surface area contributed by atoms with Crippen LogP contribution in [0.4, 0.5) is 18.9 Å². The average Bonchev–Trinajstić information content (AvgIpc) is 3.12. The van der Waals surface area contributed by atoms with E-state index >= 15 is 0 Å². The summed E-state index contributed by atoms with van der Waals surface area (Å²) < 4.78 is 39.9. The quantitative estimate of drug-likeness (QED) is 0.786. The van der Waals surface area contributed by atoms with E-state index in [4.69, 9.17) is 5.26 Å². The third kappa shape index (κ3) is 4.63. The van der Waals surface area contributed by atoms with Gasteiger partial charge in [-0.25, -0.2) is 0 Å². The maximum atomic E-state index is 13.3. The van der Waals surface area contributed by atoms with Gasteiger partial charge in [-0.2, -0.15) is 18.4 Å². The van der Waals surface area contributed by atoms with E-state index in [2.05, 4.69) is 5.32 Å². The Kier molecular flexibility index (Phi) is 6.48. The lowest BCUT2D eigenvalue weighted by Gasteiger charge is -2.40. The van der Waals surface area contributed by atoms with Crippen LogP contribution in [-0.4, -0.2) is 49.4 Å². The maximum absolute atomic E-state index is 13.3. The van der Waals surface area contributed by atoms with E-state index in [1.165, 1.54) is 6.07 Å². The predicted octanol–water partition coefficient (Wildman–Crippen LogP) is 3.31. The molecule has 1 spiro atoms. The first-order valence-corrected chi connectivity index (χ1v) is 10.5. The lowest BCUT2D eigenvalue weighted by atomic mass is 9.76. The minimum Gasteiger partial charge on any atom is -0.371 e. The number of nitriles is 1. The van der Waals surface area contributed by atoms with Crippen molar-refractivity contribution in [3.05, 3.63) is 29.3 Å². The number of hydrogen-bond donors (Lipinski definition) is 1. The van der Waals surface area contributed by atoms with E-state index in [0.717, 1.165) is 6.07 Å². The van der Waals surface area contributed by atoms with Crippen LogP contribution < -0.4 is 10.2 Å². The second-order valence-electron chi connectivity index (χ2n) is 8.43. The number of carbonyl (C=O) groups is 2. The van der Waals surface area contributed by atoms with Gasteiger partial charge in [0.2, 0.25) is 11.8 Å². The number of anilines is 1. The molecule has 2 saturated heterocycles. The van der Waals surface area contributed by atoms with Crippen LogP contribution in [0.1, 0.15) is 50.2 Å². The SMILES string of the molecule is CCCC(=O)N1CC2(CCN(c3ccc(C#N)c(C(F)(F)F)c3)CC2)CC1C(=O)NC. The van der Waals surface area contributed by atoms with Crippen LogP contribution in [-0.2, 0) is 15.8 Å². The van der Waals surface area contributed by atoms with Crippen molar-refractivity contribution in [1.29, 1.82) is 5.26 Å². The van der Waals surface area contributed by atoms with E-state index in [9.17, 15) is 22.8 Å². The Morgan fingerprint density at radius 2 is 1.97 bits per heavy atom. The Balaban J connectivity index is 1.76. The zero-order chi connectivity index (χ0) is 22.8. The van der Waals surface area contributed by atoms with Crippen LogP contribution in [0, 0.1) is 16.7 Å². The van der Waals surface area contributed by atoms with E-state index in [-0.39, 0.29) is 22.8 Å². The first-order chi connectivity index (χ1) is 14.6. The molecule has 31 heavy (non-hydrogen) atoms. The highest BCUT2D eigenvalue weighted by Gasteiger charge is 2.49. The van der Waals surface area contributed by atoms with Gasteiger partial charge in [-0.15, -0.1) is 0 Å². The Labute approximate surface area is 180 Å². The number of benzene rings is 1. The number of rotatable bonds is 4. The topological polar surface area (TPSA) is 76.4 Å². The lowest BCUT2D eigenvalue weighted by Crippen LogP contribution is -2.45. The number of likely N-dealkylation sites (N-methyl/N-ethyl adjacent to an activating group) is 1. The van der Waals surface area contributed by atoms with Gasteiger partial charge in [0.25, 0.3) is 0 Å². The van der Waals surface area contributed by atoms with E-state index in [0.29, 0.717) is 57.4 Å². The molecule has 3 rings (SSSR count). The van der Waals surface area contributed by atoms with Gasteiger partial charge in [-0.3, -0.25) is 9.59 Å². The number of amides is 2. The van der Waals surface area contributed by atoms with E-state index in [1.807, 2.05) is 11.8 Å². The highest BCUT2D eigenvalue weighted by Crippen LogP contribution is 2.45. The fourth-order valence-corrected chi connectivity index (χ4v) is 4.74. The van der Waals surface area contributed by atoms with Crippen LogP contribution in [0.15, 0.2) is 18.2 Å². The number of nitrogens with one attached hydrogen (secondary N) is 1. The number of piperidine rings is 1. The Morgan fingerprint density at radius 3 is 2.52 bits per heavy atom. The van der Waals surface area contributed by atoms with Crippen molar-refractivity contribution in [2.45, 2.75) is 51.2 Å². The fourth-order valence-electron chi connectivity index (χ4n) is 4.74. The monoisotopic (exact) mass is 436 g/mol. The molecular formula is C22H27F3N4O2. The fraction of sp³-hybridized carbons (Fsp3) is 0.591. The molecule has 168 valence electrons. The third-order valence-electron chi connectivity index (χ3n) is 6.46. The second kappa shape index (κ2) is 8.77. The Bertz CT molecular complexity index is 886. The molecule has 1 aromatic rings. The summed E-state index contributed by atoms with van der Waals surface area (Å²) in [4.78, 5) is 28.5.